The van der Waals surface area contributed by atoms with Gasteiger partial charge in [0.2, 0.25) is 0 Å². The summed E-state index contributed by atoms with van der Waals surface area (Å²) in [5.41, 5.74) is 4.67. The number of hydrogen-bond donors (Lipinski definition) is 1. The van der Waals surface area contributed by atoms with Crippen molar-refractivity contribution in [3.63, 3.8) is 0 Å². The van der Waals surface area contributed by atoms with E-state index < -0.39 is 0 Å². The molecule has 1 aromatic heterocycles. The fraction of sp³-hybridized carbons (Fsp3) is 0.200. The van der Waals surface area contributed by atoms with Crippen LogP contribution in [0.15, 0.2) is 53.0 Å². The Bertz CT molecular complexity index is 917. The number of thioether (sulfide) groups is 1. The topological polar surface area (TPSA) is 46.9 Å². The molecule has 4 nitrogen and oxygen atoms in total. The lowest BCUT2D eigenvalue weighted by Crippen LogP contribution is -2.15. The molecule has 0 unspecified atom stereocenters. The van der Waals surface area contributed by atoms with Crippen molar-refractivity contribution in [2.75, 3.05) is 11.6 Å². The standard InChI is InChI=1S/C20H20BrN3OS/c1-13-18(15-8-10-17(21)11-9-15)19(24(2)23-13)22-20(25)16-6-4-14(5-7-16)12-26-3/h4-11H,12H2,1-3H3,(H,22,25). The first-order valence-electron chi connectivity index (χ1n) is 8.18. The van der Waals surface area contributed by atoms with Gasteiger partial charge in [-0.15, -0.1) is 0 Å². The molecule has 1 N–H and O–H groups in total. The molecule has 2 aromatic carbocycles. The summed E-state index contributed by atoms with van der Waals surface area (Å²) in [7, 11) is 1.84. The summed E-state index contributed by atoms with van der Waals surface area (Å²) in [5.74, 6) is 1.50. The smallest absolute Gasteiger partial charge is 0.256 e. The summed E-state index contributed by atoms with van der Waals surface area (Å²) in [4.78, 5) is 12.7. The molecule has 0 aliphatic heterocycles. The lowest BCUT2D eigenvalue weighted by atomic mass is 10.1. The number of aromatic nitrogens is 2. The number of hydrogen-bond acceptors (Lipinski definition) is 3. The van der Waals surface area contributed by atoms with Crippen LogP contribution in [0.25, 0.3) is 11.1 Å². The van der Waals surface area contributed by atoms with E-state index in [1.165, 1.54) is 5.56 Å². The van der Waals surface area contributed by atoms with Crippen LogP contribution in [0.2, 0.25) is 0 Å². The predicted octanol–water partition coefficient (Wildman–Crippen LogP) is 5.27. The molecule has 0 saturated heterocycles. The van der Waals surface area contributed by atoms with Crippen LogP contribution >= 0.6 is 27.7 Å². The van der Waals surface area contributed by atoms with E-state index in [9.17, 15) is 4.79 Å². The molecule has 1 heterocycles. The molecule has 0 radical (unpaired) electrons. The average molecular weight is 430 g/mol. The van der Waals surface area contributed by atoms with E-state index in [-0.39, 0.29) is 5.91 Å². The van der Waals surface area contributed by atoms with Crippen molar-refractivity contribution < 1.29 is 4.79 Å². The summed E-state index contributed by atoms with van der Waals surface area (Å²) >= 11 is 5.22. The predicted molar refractivity (Wildman–Crippen MR) is 113 cm³/mol. The number of benzene rings is 2. The zero-order valence-corrected chi connectivity index (χ0v) is 17.3. The third-order valence-electron chi connectivity index (χ3n) is 4.11. The zero-order valence-electron chi connectivity index (χ0n) is 14.9. The maximum Gasteiger partial charge on any atom is 0.256 e. The molecule has 26 heavy (non-hydrogen) atoms. The van der Waals surface area contributed by atoms with E-state index in [0.717, 1.165) is 27.0 Å². The first-order chi connectivity index (χ1) is 12.5. The molecule has 3 aromatic rings. The van der Waals surface area contributed by atoms with Gasteiger partial charge in [-0.1, -0.05) is 40.2 Å². The Hall–Kier alpha value is -2.05. The van der Waals surface area contributed by atoms with Crippen molar-refractivity contribution in [3.05, 3.63) is 69.8 Å². The highest BCUT2D eigenvalue weighted by atomic mass is 79.9. The summed E-state index contributed by atoms with van der Waals surface area (Å²) in [6.07, 6.45) is 2.06. The van der Waals surface area contributed by atoms with Crippen molar-refractivity contribution in [1.82, 2.24) is 9.78 Å². The molecular formula is C20H20BrN3OS. The molecule has 0 atom stereocenters. The monoisotopic (exact) mass is 429 g/mol. The van der Waals surface area contributed by atoms with Gasteiger partial charge in [0.25, 0.3) is 5.91 Å². The molecule has 6 heteroatoms. The molecule has 0 bridgehead atoms. The number of carbonyl (C=O) groups excluding carboxylic acids is 1. The van der Waals surface area contributed by atoms with Gasteiger partial charge in [-0.05, 0) is 48.6 Å². The zero-order chi connectivity index (χ0) is 18.7. The molecule has 3 rings (SSSR count). The van der Waals surface area contributed by atoms with Crippen LogP contribution in [0.1, 0.15) is 21.6 Å². The SMILES string of the molecule is CSCc1ccc(C(=O)Nc2c(-c3ccc(Br)cc3)c(C)nn2C)cc1. The van der Waals surface area contributed by atoms with E-state index in [0.29, 0.717) is 11.4 Å². The first-order valence-corrected chi connectivity index (χ1v) is 10.4. The fourth-order valence-electron chi connectivity index (χ4n) is 2.86. The van der Waals surface area contributed by atoms with Crippen molar-refractivity contribution in [1.29, 1.82) is 0 Å². The van der Waals surface area contributed by atoms with E-state index >= 15 is 0 Å². The second-order valence-corrected chi connectivity index (χ2v) is 7.81. The second kappa shape index (κ2) is 8.10. The van der Waals surface area contributed by atoms with Gasteiger partial charge in [0, 0.05) is 28.4 Å². The average Bonchev–Trinajstić information content (AvgIpc) is 2.90. The van der Waals surface area contributed by atoms with Crippen LogP contribution in [-0.2, 0) is 12.8 Å². The highest BCUT2D eigenvalue weighted by Gasteiger charge is 2.18. The Morgan fingerprint density at radius 3 is 2.42 bits per heavy atom. The summed E-state index contributed by atoms with van der Waals surface area (Å²) in [6, 6.07) is 15.7. The molecule has 134 valence electrons. The van der Waals surface area contributed by atoms with Gasteiger partial charge in [0.1, 0.15) is 5.82 Å². The van der Waals surface area contributed by atoms with Gasteiger partial charge < -0.3 is 5.32 Å². The summed E-state index contributed by atoms with van der Waals surface area (Å²) in [6.45, 7) is 1.95. The number of amides is 1. The molecular weight excluding hydrogens is 410 g/mol. The van der Waals surface area contributed by atoms with Gasteiger partial charge in [0.15, 0.2) is 0 Å². The largest absolute Gasteiger partial charge is 0.306 e. The Morgan fingerprint density at radius 1 is 1.15 bits per heavy atom. The van der Waals surface area contributed by atoms with E-state index in [1.807, 2.05) is 62.5 Å². The van der Waals surface area contributed by atoms with E-state index in [1.54, 1.807) is 16.4 Å². The Kier molecular flexibility index (Phi) is 5.84. The van der Waals surface area contributed by atoms with Crippen LogP contribution in [0.4, 0.5) is 5.82 Å². The van der Waals surface area contributed by atoms with Crippen molar-refractivity contribution in [2.45, 2.75) is 12.7 Å². The minimum atomic E-state index is -0.137. The minimum Gasteiger partial charge on any atom is -0.306 e. The van der Waals surface area contributed by atoms with Crippen LogP contribution in [0.5, 0.6) is 0 Å². The van der Waals surface area contributed by atoms with Gasteiger partial charge in [-0.3, -0.25) is 9.48 Å². The highest BCUT2D eigenvalue weighted by molar-refractivity contribution is 9.10. The maximum absolute atomic E-state index is 12.7. The van der Waals surface area contributed by atoms with Gasteiger partial charge in [0.05, 0.1) is 5.69 Å². The molecule has 0 spiro atoms. The molecule has 0 saturated carbocycles. The van der Waals surface area contributed by atoms with Gasteiger partial charge >= 0.3 is 0 Å². The maximum atomic E-state index is 12.7. The van der Waals surface area contributed by atoms with E-state index in [4.69, 9.17) is 0 Å². The van der Waals surface area contributed by atoms with Crippen LogP contribution in [-0.4, -0.2) is 21.9 Å². The highest BCUT2D eigenvalue weighted by Crippen LogP contribution is 2.32. The Balaban J connectivity index is 1.90. The van der Waals surface area contributed by atoms with E-state index in [2.05, 4.69) is 32.6 Å². The minimum absolute atomic E-state index is 0.137. The molecule has 0 aliphatic rings. The quantitative estimate of drug-likeness (QED) is 0.600. The number of rotatable bonds is 5. The number of anilines is 1. The number of aryl methyl sites for hydroxylation is 2. The normalized spacial score (nSPS) is 10.8. The fourth-order valence-corrected chi connectivity index (χ4v) is 3.65. The lowest BCUT2D eigenvalue weighted by molar-refractivity contribution is 0.102. The third-order valence-corrected chi connectivity index (χ3v) is 5.26. The Labute approximate surface area is 166 Å². The molecule has 1 amide bonds. The summed E-state index contributed by atoms with van der Waals surface area (Å²) in [5, 5.41) is 7.51. The first kappa shape index (κ1) is 18.7. The Morgan fingerprint density at radius 2 is 1.81 bits per heavy atom. The molecule has 0 fully saturated rings. The van der Waals surface area contributed by atoms with Gasteiger partial charge in [-0.25, -0.2) is 0 Å². The number of nitrogens with one attached hydrogen (secondary N) is 1. The number of nitrogens with zero attached hydrogens (tertiary/aromatic N) is 2. The summed E-state index contributed by atoms with van der Waals surface area (Å²) < 4.78 is 2.73. The molecule has 0 aliphatic carbocycles. The van der Waals surface area contributed by atoms with Crippen LogP contribution in [0.3, 0.4) is 0 Å². The number of halogens is 1. The second-order valence-electron chi connectivity index (χ2n) is 6.02. The van der Waals surface area contributed by atoms with Gasteiger partial charge in [-0.2, -0.15) is 16.9 Å². The lowest BCUT2D eigenvalue weighted by Gasteiger charge is -2.10. The van der Waals surface area contributed by atoms with Crippen molar-refractivity contribution >= 4 is 39.4 Å². The van der Waals surface area contributed by atoms with Crippen LogP contribution in [0, 0.1) is 6.92 Å². The number of carbonyl (C=O) groups is 1. The van der Waals surface area contributed by atoms with Crippen molar-refractivity contribution in [2.24, 2.45) is 7.05 Å². The van der Waals surface area contributed by atoms with Crippen molar-refractivity contribution in [3.8, 4) is 11.1 Å². The third kappa shape index (κ3) is 4.02. The van der Waals surface area contributed by atoms with Crippen LogP contribution < -0.4 is 5.32 Å².